The summed E-state index contributed by atoms with van der Waals surface area (Å²) in [6.07, 6.45) is 4.93. The molecule has 2 heterocycles. The van der Waals surface area contributed by atoms with Gasteiger partial charge in [0.2, 0.25) is 0 Å². The molecular formula is C20H30N2O2. The molecule has 1 amide bonds. The van der Waals surface area contributed by atoms with Crippen LogP contribution in [-0.2, 0) is 4.74 Å². The van der Waals surface area contributed by atoms with Crippen molar-refractivity contribution in [3.63, 3.8) is 0 Å². The summed E-state index contributed by atoms with van der Waals surface area (Å²) in [5.41, 5.74) is 3.12. The number of carbonyl (C=O) groups excluding carboxylic acids is 1. The Hall–Kier alpha value is -1.39. The van der Waals surface area contributed by atoms with Crippen LogP contribution < -0.4 is 0 Å². The summed E-state index contributed by atoms with van der Waals surface area (Å²) in [6, 6.07) is 6.10. The Morgan fingerprint density at radius 1 is 0.917 bits per heavy atom. The van der Waals surface area contributed by atoms with Crippen LogP contribution in [0.3, 0.4) is 0 Å². The van der Waals surface area contributed by atoms with Crippen molar-refractivity contribution in [2.24, 2.45) is 0 Å². The Morgan fingerprint density at radius 2 is 1.42 bits per heavy atom. The van der Waals surface area contributed by atoms with Gasteiger partial charge in [0.1, 0.15) is 0 Å². The van der Waals surface area contributed by atoms with Gasteiger partial charge in [0.15, 0.2) is 0 Å². The molecule has 0 saturated carbocycles. The van der Waals surface area contributed by atoms with E-state index in [9.17, 15) is 4.79 Å². The summed E-state index contributed by atoms with van der Waals surface area (Å²) in [7, 11) is 2.17. The standard InChI is InChI=1S/C20H30N2O2/c1-15-12-16(2)14-17(13-15)20(23)22-10-6-19(7-11-22)24-18-4-8-21(3)9-5-18/h12-14,18-19H,4-11H2,1-3H3. The SMILES string of the molecule is Cc1cc(C)cc(C(=O)N2CCC(OC3CCN(C)CC3)CC2)c1. The van der Waals surface area contributed by atoms with Gasteiger partial charge in [0, 0.05) is 31.7 Å². The highest BCUT2D eigenvalue weighted by atomic mass is 16.5. The second-order valence-corrected chi connectivity index (χ2v) is 7.51. The van der Waals surface area contributed by atoms with E-state index >= 15 is 0 Å². The predicted molar refractivity (Wildman–Crippen MR) is 96.4 cm³/mol. The normalized spacial score (nSPS) is 21.2. The van der Waals surface area contributed by atoms with Crippen LogP contribution in [0, 0.1) is 13.8 Å². The summed E-state index contributed by atoms with van der Waals surface area (Å²) in [6.45, 7) is 7.98. The van der Waals surface area contributed by atoms with Gasteiger partial charge in [-0.25, -0.2) is 0 Å². The molecule has 4 nitrogen and oxygen atoms in total. The largest absolute Gasteiger partial charge is 0.375 e. The molecule has 2 fully saturated rings. The van der Waals surface area contributed by atoms with Gasteiger partial charge in [-0.2, -0.15) is 0 Å². The number of carbonyl (C=O) groups is 1. The van der Waals surface area contributed by atoms with Crippen LogP contribution in [0.2, 0.25) is 0 Å². The molecule has 0 spiro atoms. The average molecular weight is 330 g/mol. The molecule has 0 bridgehead atoms. The van der Waals surface area contributed by atoms with E-state index in [1.54, 1.807) is 0 Å². The van der Waals surface area contributed by atoms with Crippen molar-refractivity contribution in [3.05, 3.63) is 34.9 Å². The third-order valence-corrected chi connectivity index (χ3v) is 5.25. The fraction of sp³-hybridized carbons (Fsp3) is 0.650. The molecule has 0 radical (unpaired) electrons. The summed E-state index contributed by atoms with van der Waals surface area (Å²) in [5, 5.41) is 0. The van der Waals surface area contributed by atoms with Crippen LogP contribution >= 0.6 is 0 Å². The molecule has 1 aromatic carbocycles. The molecule has 0 aliphatic carbocycles. The molecule has 132 valence electrons. The van der Waals surface area contributed by atoms with Crippen LogP contribution in [0.15, 0.2) is 18.2 Å². The smallest absolute Gasteiger partial charge is 0.253 e. The lowest BCUT2D eigenvalue weighted by Gasteiger charge is -2.36. The maximum Gasteiger partial charge on any atom is 0.253 e. The number of hydrogen-bond acceptors (Lipinski definition) is 3. The first-order valence-corrected chi connectivity index (χ1v) is 9.23. The van der Waals surface area contributed by atoms with Gasteiger partial charge in [0.05, 0.1) is 12.2 Å². The van der Waals surface area contributed by atoms with E-state index in [-0.39, 0.29) is 5.91 Å². The van der Waals surface area contributed by atoms with Crippen molar-refractivity contribution in [3.8, 4) is 0 Å². The first-order chi connectivity index (χ1) is 11.5. The maximum atomic E-state index is 12.7. The number of nitrogens with zero attached hydrogens (tertiary/aromatic N) is 2. The Kier molecular flexibility index (Phi) is 5.57. The van der Waals surface area contributed by atoms with Crippen LogP contribution in [0.25, 0.3) is 0 Å². The minimum absolute atomic E-state index is 0.166. The fourth-order valence-electron chi connectivity index (χ4n) is 3.87. The van der Waals surface area contributed by atoms with Gasteiger partial charge in [-0.15, -0.1) is 0 Å². The monoisotopic (exact) mass is 330 g/mol. The van der Waals surface area contributed by atoms with Gasteiger partial charge in [0.25, 0.3) is 5.91 Å². The molecule has 1 aromatic rings. The summed E-state index contributed by atoms with van der Waals surface area (Å²) in [5.74, 6) is 0.166. The van der Waals surface area contributed by atoms with Crippen LogP contribution in [0.1, 0.15) is 47.2 Å². The van der Waals surface area contributed by atoms with Crippen molar-refractivity contribution >= 4 is 5.91 Å². The molecule has 2 aliphatic rings. The van der Waals surface area contributed by atoms with E-state index in [0.29, 0.717) is 12.2 Å². The predicted octanol–water partition coefficient (Wildman–Crippen LogP) is 3.02. The summed E-state index contributed by atoms with van der Waals surface area (Å²) >= 11 is 0. The van der Waals surface area contributed by atoms with Crippen molar-refractivity contribution < 1.29 is 9.53 Å². The van der Waals surface area contributed by atoms with E-state index in [4.69, 9.17) is 4.74 Å². The topological polar surface area (TPSA) is 32.8 Å². The van der Waals surface area contributed by atoms with Gasteiger partial charge in [-0.3, -0.25) is 4.79 Å². The average Bonchev–Trinajstić information content (AvgIpc) is 2.56. The lowest BCUT2D eigenvalue weighted by molar-refractivity contribution is -0.0599. The highest BCUT2D eigenvalue weighted by molar-refractivity contribution is 5.94. The zero-order valence-electron chi connectivity index (χ0n) is 15.3. The fourth-order valence-corrected chi connectivity index (χ4v) is 3.87. The molecule has 0 unspecified atom stereocenters. The van der Waals surface area contributed by atoms with Crippen molar-refractivity contribution in [2.75, 3.05) is 33.2 Å². The second kappa shape index (κ2) is 7.66. The Balaban J connectivity index is 1.50. The first-order valence-electron chi connectivity index (χ1n) is 9.23. The molecule has 2 saturated heterocycles. The molecule has 24 heavy (non-hydrogen) atoms. The lowest BCUT2D eigenvalue weighted by Crippen LogP contribution is -2.43. The number of likely N-dealkylation sites (tertiary alicyclic amines) is 2. The number of benzene rings is 1. The second-order valence-electron chi connectivity index (χ2n) is 7.51. The third kappa shape index (κ3) is 4.37. The molecule has 2 aliphatic heterocycles. The minimum Gasteiger partial charge on any atom is -0.375 e. The van der Waals surface area contributed by atoms with E-state index in [1.807, 2.05) is 30.9 Å². The third-order valence-electron chi connectivity index (χ3n) is 5.25. The van der Waals surface area contributed by atoms with Gasteiger partial charge < -0.3 is 14.5 Å². The highest BCUT2D eigenvalue weighted by Gasteiger charge is 2.27. The zero-order chi connectivity index (χ0) is 17.1. The van der Waals surface area contributed by atoms with Gasteiger partial charge >= 0.3 is 0 Å². The van der Waals surface area contributed by atoms with Gasteiger partial charge in [-0.05, 0) is 58.7 Å². The number of hydrogen-bond donors (Lipinski definition) is 0. The number of ether oxygens (including phenoxy) is 1. The van der Waals surface area contributed by atoms with Crippen LogP contribution in [-0.4, -0.2) is 61.1 Å². The molecule has 0 atom stereocenters. The Morgan fingerprint density at radius 3 is 1.96 bits per heavy atom. The van der Waals surface area contributed by atoms with Crippen molar-refractivity contribution in [1.82, 2.24) is 9.80 Å². The zero-order valence-corrected chi connectivity index (χ0v) is 15.3. The number of amides is 1. The number of aryl methyl sites for hydroxylation is 2. The quantitative estimate of drug-likeness (QED) is 0.854. The number of rotatable bonds is 3. The molecule has 0 N–H and O–H groups in total. The van der Waals surface area contributed by atoms with Gasteiger partial charge in [-0.1, -0.05) is 17.2 Å². The van der Waals surface area contributed by atoms with E-state index in [1.165, 1.54) is 0 Å². The lowest BCUT2D eigenvalue weighted by atomic mass is 10.0. The van der Waals surface area contributed by atoms with E-state index in [2.05, 4.69) is 18.0 Å². The molecular weight excluding hydrogens is 300 g/mol. The van der Waals surface area contributed by atoms with E-state index < -0.39 is 0 Å². The molecule has 3 rings (SSSR count). The van der Waals surface area contributed by atoms with Crippen LogP contribution in [0.5, 0.6) is 0 Å². The van der Waals surface area contributed by atoms with Crippen molar-refractivity contribution in [2.45, 2.75) is 51.7 Å². The highest BCUT2D eigenvalue weighted by Crippen LogP contribution is 2.22. The summed E-state index contributed by atoms with van der Waals surface area (Å²) < 4.78 is 6.29. The van der Waals surface area contributed by atoms with E-state index in [0.717, 1.165) is 68.6 Å². The van der Waals surface area contributed by atoms with Crippen molar-refractivity contribution in [1.29, 1.82) is 0 Å². The Labute approximate surface area is 145 Å². The number of piperidine rings is 2. The molecule has 0 aromatic heterocycles. The molecule has 4 heteroatoms. The minimum atomic E-state index is 0.166. The Bertz CT molecular complexity index is 551. The van der Waals surface area contributed by atoms with Crippen LogP contribution in [0.4, 0.5) is 0 Å². The maximum absolute atomic E-state index is 12.7. The first kappa shape index (κ1) is 17.4. The summed E-state index contributed by atoms with van der Waals surface area (Å²) in [4.78, 5) is 17.1.